The Kier molecular flexibility index (Phi) is 3.96. The van der Waals surface area contributed by atoms with E-state index in [1.54, 1.807) is 12.4 Å². The van der Waals surface area contributed by atoms with E-state index in [-0.39, 0.29) is 23.8 Å². The molecule has 24 heavy (non-hydrogen) atoms. The molecule has 0 aromatic carbocycles. The molecule has 0 atom stereocenters. The van der Waals surface area contributed by atoms with E-state index in [1.165, 1.54) is 0 Å². The van der Waals surface area contributed by atoms with Gasteiger partial charge in [-0.05, 0) is 37.8 Å². The SMILES string of the molecule is O=C(NC1CCN(C(=O)Cn2ccc3ccncc32)CC1)C1CC1. The van der Waals surface area contributed by atoms with Crippen molar-refractivity contribution in [1.29, 1.82) is 0 Å². The van der Waals surface area contributed by atoms with Crippen LogP contribution in [-0.4, -0.2) is 45.4 Å². The predicted molar refractivity (Wildman–Crippen MR) is 90.2 cm³/mol. The smallest absolute Gasteiger partial charge is 0.242 e. The molecule has 1 aliphatic carbocycles. The summed E-state index contributed by atoms with van der Waals surface area (Å²) in [6.45, 7) is 1.77. The van der Waals surface area contributed by atoms with Gasteiger partial charge < -0.3 is 14.8 Å². The summed E-state index contributed by atoms with van der Waals surface area (Å²) < 4.78 is 1.95. The van der Waals surface area contributed by atoms with Crippen molar-refractivity contribution in [2.45, 2.75) is 38.3 Å². The standard InChI is InChI=1S/C18H22N4O2/c23-17(12-22-8-4-13-3-7-19-11-16(13)22)21-9-5-15(6-10-21)20-18(24)14-1-2-14/h3-4,7-8,11,14-15H,1-2,5-6,9-10,12H2,(H,20,24). The number of piperidine rings is 1. The summed E-state index contributed by atoms with van der Waals surface area (Å²) in [5, 5.41) is 4.22. The molecule has 1 saturated heterocycles. The molecule has 4 rings (SSSR count). The Morgan fingerprint density at radius 3 is 2.71 bits per heavy atom. The Morgan fingerprint density at radius 2 is 1.96 bits per heavy atom. The normalized spacial score (nSPS) is 18.8. The molecule has 2 aromatic rings. The summed E-state index contributed by atoms with van der Waals surface area (Å²) in [5.41, 5.74) is 0.984. The summed E-state index contributed by atoms with van der Waals surface area (Å²) in [6.07, 6.45) is 9.24. The van der Waals surface area contributed by atoms with E-state index in [0.717, 1.165) is 36.6 Å². The average molecular weight is 326 g/mol. The van der Waals surface area contributed by atoms with Crippen LogP contribution in [0.25, 0.3) is 10.9 Å². The number of carbonyl (C=O) groups is 2. The van der Waals surface area contributed by atoms with E-state index in [0.29, 0.717) is 19.6 Å². The van der Waals surface area contributed by atoms with Crippen LogP contribution in [-0.2, 0) is 16.1 Å². The second-order valence-corrected chi connectivity index (χ2v) is 6.82. The second kappa shape index (κ2) is 6.26. The Morgan fingerprint density at radius 1 is 1.17 bits per heavy atom. The minimum atomic E-state index is 0.128. The van der Waals surface area contributed by atoms with Gasteiger partial charge in [0.25, 0.3) is 0 Å². The summed E-state index contributed by atoms with van der Waals surface area (Å²) >= 11 is 0. The number of carbonyl (C=O) groups excluding carboxylic acids is 2. The van der Waals surface area contributed by atoms with Crippen LogP contribution >= 0.6 is 0 Å². The van der Waals surface area contributed by atoms with E-state index in [9.17, 15) is 9.59 Å². The maximum absolute atomic E-state index is 12.6. The molecule has 6 nitrogen and oxygen atoms in total. The van der Waals surface area contributed by atoms with Crippen LogP contribution < -0.4 is 5.32 Å². The fourth-order valence-electron chi connectivity index (χ4n) is 3.35. The molecular formula is C18H22N4O2. The molecule has 0 spiro atoms. The number of amides is 2. The van der Waals surface area contributed by atoms with Crippen molar-refractivity contribution in [2.75, 3.05) is 13.1 Å². The third-order valence-corrected chi connectivity index (χ3v) is 5.02. The maximum atomic E-state index is 12.6. The first-order chi connectivity index (χ1) is 11.7. The van der Waals surface area contributed by atoms with Crippen LogP contribution in [0.1, 0.15) is 25.7 Å². The van der Waals surface area contributed by atoms with Gasteiger partial charge in [-0.2, -0.15) is 0 Å². The van der Waals surface area contributed by atoms with E-state index in [4.69, 9.17) is 0 Å². The molecule has 0 radical (unpaired) electrons. The molecule has 0 unspecified atom stereocenters. The molecule has 2 aromatic heterocycles. The number of likely N-dealkylation sites (tertiary alicyclic amines) is 1. The molecule has 2 aliphatic rings. The molecular weight excluding hydrogens is 304 g/mol. The number of fused-ring (bicyclic) bond motifs is 1. The van der Waals surface area contributed by atoms with Crippen LogP contribution in [0.4, 0.5) is 0 Å². The fraction of sp³-hybridized carbons (Fsp3) is 0.500. The van der Waals surface area contributed by atoms with E-state index in [2.05, 4.69) is 10.3 Å². The van der Waals surface area contributed by atoms with Crippen molar-refractivity contribution in [2.24, 2.45) is 5.92 Å². The van der Waals surface area contributed by atoms with Gasteiger partial charge in [-0.3, -0.25) is 14.6 Å². The van der Waals surface area contributed by atoms with E-state index in [1.807, 2.05) is 27.8 Å². The van der Waals surface area contributed by atoms with Gasteiger partial charge in [0.2, 0.25) is 11.8 Å². The van der Waals surface area contributed by atoms with Gasteiger partial charge >= 0.3 is 0 Å². The van der Waals surface area contributed by atoms with Gasteiger partial charge in [0.1, 0.15) is 6.54 Å². The molecule has 2 amide bonds. The van der Waals surface area contributed by atoms with Gasteiger partial charge in [-0.25, -0.2) is 0 Å². The summed E-state index contributed by atoms with van der Waals surface area (Å²) in [4.78, 5) is 30.4. The van der Waals surface area contributed by atoms with E-state index >= 15 is 0 Å². The highest BCUT2D eigenvalue weighted by Crippen LogP contribution is 2.29. The molecule has 1 saturated carbocycles. The van der Waals surface area contributed by atoms with Crippen molar-refractivity contribution in [1.82, 2.24) is 19.8 Å². The van der Waals surface area contributed by atoms with Gasteiger partial charge in [0.15, 0.2) is 0 Å². The number of aromatic nitrogens is 2. The number of rotatable bonds is 4. The van der Waals surface area contributed by atoms with Crippen molar-refractivity contribution in [3.8, 4) is 0 Å². The van der Waals surface area contributed by atoms with E-state index < -0.39 is 0 Å². The number of hydrogen-bond donors (Lipinski definition) is 1. The second-order valence-electron chi connectivity index (χ2n) is 6.82. The highest BCUT2D eigenvalue weighted by Gasteiger charge is 2.32. The molecule has 6 heteroatoms. The van der Waals surface area contributed by atoms with Crippen LogP contribution in [0, 0.1) is 5.92 Å². The molecule has 1 aliphatic heterocycles. The summed E-state index contributed by atoms with van der Waals surface area (Å²) in [6, 6.07) is 4.17. The van der Waals surface area contributed by atoms with Crippen LogP contribution in [0.3, 0.4) is 0 Å². The van der Waals surface area contributed by atoms with Gasteiger partial charge in [-0.15, -0.1) is 0 Å². The number of hydrogen-bond acceptors (Lipinski definition) is 3. The number of nitrogens with one attached hydrogen (secondary N) is 1. The Hall–Kier alpha value is -2.37. The zero-order chi connectivity index (χ0) is 16.5. The van der Waals surface area contributed by atoms with Crippen LogP contribution in [0.15, 0.2) is 30.7 Å². The molecule has 1 N–H and O–H groups in total. The lowest BCUT2D eigenvalue weighted by Gasteiger charge is -2.32. The summed E-state index contributed by atoms with van der Waals surface area (Å²) in [5.74, 6) is 0.578. The van der Waals surface area contributed by atoms with Crippen molar-refractivity contribution < 1.29 is 9.59 Å². The zero-order valence-electron chi connectivity index (χ0n) is 13.6. The van der Waals surface area contributed by atoms with Crippen molar-refractivity contribution >= 4 is 22.7 Å². The minimum Gasteiger partial charge on any atom is -0.353 e. The predicted octanol–water partition coefficient (Wildman–Crippen LogP) is 1.55. The Labute approximate surface area is 140 Å². The molecule has 3 heterocycles. The lowest BCUT2D eigenvalue weighted by molar-refractivity contribution is -0.133. The summed E-state index contributed by atoms with van der Waals surface area (Å²) in [7, 11) is 0. The first-order valence-corrected chi connectivity index (χ1v) is 8.68. The lowest BCUT2D eigenvalue weighted by atomic mass is 10.0. The minimum absolute atomic E-state index is 0.128. The fourth-order valence-corrected chi connectivity index (χ4v) is 3.35. The van der Waals surface area contributed by atoms with Gasteiger partial charge in [0.05, 0.1) is 11.7 Å². The Bertz CT molecular complexity index is 757. The topological polar surface area (TPSA) is 67.2 Å². The molecule has 126 valence electrons. The molecule has 2 fully saturated rings. The van der Waals surface area contributed by atoms with Crippen LogP contribution in [0.2, 0.25) is 0 Å². The highest BCUT2D eigenvalue weighted by molar-refractivity contribution is 5.83. The quantitative estimate of drug-likeness (QED) is 0.927. The Balaban J connectivity index is 1.32. The zero-order valence-corrected chi connectivity index (χ0v) is 13.6. The highest BCUT2D eigenvalue weighted by atomic mass is 16.2. The van der Waals surface area contributed by atoms with Gasteiger partial charge in [0, 0.05) is 42.8 Å². The monoisotopic (exact) mass is 326 g/mol. The number of nitrogens with zero attached hydrogens (tertiary/aromatic N) is 3. The lowest BCUT2D eigenvalue weighted by Crippen LogP contribution is -2.47. The van der Waals surface area contributed by atoms with Crippen molar-refractivity contribution in [3.63, 3.8) is 0 Å². The average Bonchev–Trinajstić information content (AvgIpc) is 3.38. The van der Waals surface area contributed by atoms with Crippen LogP contribution in [0.5, 0.6) is 0 Å². The maximum Gasteiger partial charge on any atom is 0.242 e. The third-order valence-electron chi connectivity index (χ3n) is 5.02. The first kappa shape index (κ1) is 15.2. The molecule has 0 bridgehead atoms. The van der Waals surface area contributed by atoms with Crippen molar-refractivity contribution in [3.05, 3.63) is 30.7 Å². The number of pyridine rings is 1. The third kappa shape index (κ3) is 3.13. The first-order valence-electron chi connectivity index (χ1n) is 8.68. The van der Waals surface area contributed by atoms with Gasteiger partial charge in [-0.1, -0.05) is 0 Å². The largest absolute Gasteiger partial charge is 0.353 e.